The second kappa shape index (κ2) is 10.8. The fourth-order valence-corrected chi connectivity index (χ4v) is 4.59. The maximum atomic E-state index is 12.9. The van der Waals surface area contributed by atoms with Gasteiger partial charge in [0.05, 0.1) is 0 Å². The topological polar surface area (TPSA) is 42.9 Å². The van der Waals surface area contributed by atoms with E-state index in [9.17, 15) is 4.79 Å². The average molecular weight is 653 g/mol. The van der Waals surface area contributed by atoms with Gasteiger partial charge in [-0.05, 0) is 39.4 Å². The van der Waals surface area contributed by atoms with Crippen LogP contribution in [0.2, 0.25) is 0 Å². The van der Waals surface area contributed by atoms with Crippen LogP contribution in [0.1, 0.15) is 15.9 Å². The van der Waals surface area contributed by atoms with Crippen LogP contribution in [0.5, 0.6) is 0 Å². The van der Waals surface area contributed by atoms with E-state index in [4.69, 9.17) is 0 Å². The Hall–Kier alpha value is -4.24. The van der Waals surface area contributed by atoms with Crippen LogP contribution in [0.15, 0.2) is 122 Å². The van der Waals surface area contributed by atoms with Crippen LogP contribution in [-0.2, 0) is 20.1 Å². The molecular weight excluding hydrogens is 633 g/mol. The van der Waals surface area contributed by atoms with Gasteiger partial charge >= 0.3 is 0 Å². The van der Waals surface area contributed by atoms with E-state index < -0.39 is 0 Å². The quantitative estimate of drug-likeness (QED) is 0.182. The van der Waals surface area contributed by atoms with Crippen molar-refractivity contribution in [1.82, 2.24) is 9.97 Å². The summed E-state index contributed by atoms with van der Waals surface area (Å²) >= 11 is 0. The predicted molar refractivity (Wildman–Crippen MR) is 143 cm³/mol. The van der Waals surface area contributed by atoms with Crippen LogP contribution < -0.4 is 0 Å². The Bertz CT molecular complexity index is 1650. The molecule has 0 unspecified atom stereocenters. The van der Waals surface area contributed by atoms with E-state index >= 15 is 0 Å². The molecule has 0 amide bonds. The van der Waals surface area contributed by atoms with Crippen molar-refractivity contribution >= 4 is 16.6 Å². The summed E-state index contributed by atoms with van der Waals surface area (Å²) < 4.78 is 0. The molecule has 0 spiro atoms. The van der Waals surface area contributed by atoms with Gasteiger partial charge < -0.3 is 9.97 Å². The summed E-state index contributed by atoms with van der Waals surface area (Å²) in [7, 11) is 0. The molecule has 37 heavy (non-hydrogen) atoms. The standard InChI is InChI=1S/C22H12NO.C11H8N.Ir/c24-22-17-10-5-4-9-15(17)16-11-6-12-18-20(16)19(22)13-23-21(18)14-7-2-1-3-8-14;1-2-6-10(7-3-1)11-8-4-5-9-12-11;/h1-7,9-13H;1-6,8-9H;/q2*-1;. The van der Waals surface area contributed by atoms with Crippen molar-refractivity contribution in [3.63, 3.8) is 0 Å². The summed E-state index contributed by atoms with van der Waals surface area (Å²) in [6.45, 7) is 0. The van der Waals surface area contributed by atoms with Crippen LogP contribution in [-0.4, -0.2) is 15.8 Å². The molecule has 0 saturated heterocycles. The van der Waals surface area contributed by atoms with Crippen molar-refractivity contribution in [2.24, 2.45) is 0 Å². The molecule has 179 valence electrons. The van der Waals surface area contributed by atoms with Crippen molar-refractivity contribution in [2.45, 2.75) is 0 Å². The summed E-state index contributed by atoms with van der Waals surface area (Å²) in [4.78, 5) is 21.7. The third-order valence-electron chi connectivity index (χ3n) is 6.23. The number of pyridine rings is 2. The number of benzene rings is 4. The summed E-state index contributed by atoms with van der Waals surface area (Å²) in [5, 5.41) is 1.98. The molecule has 7 rings (SSSR count). The second-order valence-electron chi connectivity index (χ2n) is 8.39. The molecule has 4 heteroatoms. The van der Waals surface area contributed by atoms with Crippen molar-refractivity contribution in [3.8, 4) is 33.6 Å². The van der Waals surface area contributed by atoms with E-state index in [0.29, 0.717) is 5.56 Å². The van der Waals surface area contributed by atoms with Gasteiger partial charge in [-0.2, -0.15) is 0 Å². The summed E-state index contributed by atoms with van der Waals surface area (Å²) in [5.74, 6) is 0.0467. The van der Waals surface area contributed by atoms with Crippen LogP contribution in [0.25, 0.3) is 44.4 Å². The van der Waals surface area contributed by atoms with E-state index in [1.54, 1.807) is 12.4 Å². The van der Waals surface area contributed by atoms with E-state index in [1.165, 1.54) is 0 Å². The maximum Gasteiger partial charge on any atom is 0.195 e. The largest absolute Gasteiger partial charge is 0.305 e. The Kier molecular flexibility index (Phi) is 7.13. The van der Waals surface area contributed by atoms with Crippen molar-refractivity contribution < 1.29 is 24.9 Å². The van der Waals surface area contributed by atoms with E-state index in [0.717, 1.165) is 50.0 Å². The van der Waals surface area contributed by atoms with Crippen LogP contribution in [0, 0.1) is 12.1 Å². The molecule has 0 fully saturated rings. The molecule has 0 saturated carbocycles. The van der Waals surface area contributed by atoms with Gasteiger partial charge in [0.25, 0.3) is 0 Å². The van der Waals surface area contributed by atoms with E-state index in [-0.39, 0.29) is 25.9 Å². The first-order chi connectivity index (χ1) is 17.8. The van der Waals surface area contributed by atoms with Gasteiger partial charge in [0.1, 0.15) is 0 Å². The molecule has 0 N–H and O–H groups in total. The first-order valence-corrected chi connectivity index (χ1v) is 11.7. The summed E-state index contributed by atoms with van der Waals surface area (Å²) in [6.07, 6.45) is 3.50. The smallest absolute Gasteiger partial charge is 0.195 e. The molecular formula is C33H20IrN2O-2. The Labute approximate surface area is 229 Å². The van der Waals surface area contributed by atoms with Gasteiger partial charge in [0.15, 0.2) is 5.78 Å². The van der Waals surface area contributed by atoms with Gasteiger partial charge in [-0.1, -0.05) is 54.6 Å². The average Bonchev–Trinajstić information content (AvgIpc) is 2.97. The molecule has 1 aliphatic rings. The minimum absolute atomic E-state index is 0. The van der Waals surface area contributed by atoms with Crippen LogP contribution >= 0.6 is 0 Å². The number of hydrogen-bond donors (Lipinski definition) is 0. The van der Waals surface area contributed by atoms with E-state index in [1.807, 2.05) is 103 Å². The Morgan fingerprint density at radius 2 is 1.24 bits per heavy atom. The zero-order valence-corrected chi connectivity index (χ0v) is 22.1. The van der Waals surface area contributed by atoms with E-state index in [2.05, 4.69) is 28.2 Å². The van der Waals surface area contributed by atoms with Gasteiger partial charge in [-0.25, -0.2) is 0 Å². The molecule has 2 heterocycles. The third-order valence-corrected chi connectivity index (χ3v) is 6.23. The molecule has 0 aliphatic heterocycles. The van der Waals surface area contributed by atoms with Gasteiger partial charge in [0.2, 0.25) is 0 Å². The van der Waals surface area contributed by atoms with Crippen LogP contribution in [0.3, 0.4) is 0 Å². The number of rotatable bonds is 2. The zero-order chi connectivity index (χ0) is 24.3. The predicted octanol–water partition coefficient (Wildman–Crippen LogP) is 7.46. The number of carbonyl (C=O) groups excluding carboxylic acids is 1. The zero-order valence-electron chi connectivity index (χ0n) is 19.7. The first kappa shape index (κ1) is 24.5. The molecule has 4 aromatic carbocycles. The minimum atomic E-state index is 0. The fraction of sp³-hybridized carbons (Fsp3) is 0. The Balaban J connectivity index is 0.000000183. The summed E-state index contributed by atoms with van der Waals surface area (Å²) in [6, 6.07) is 41.8. The molecule has 6 aromatic rings. The van der Waals surface area contributed by atoms with Gasteiger partial charge in [-0.3, -0.25) is 4.79 Å². The van der Waals surface area contributed by atoms with Crippen molar-refractivity contribution in [3.05, 3.63) is 145 Å². The van der Waals surface area contributed by atoms with Crippen LogP contribution in [0.4, 0.5) is 0 Å². The van der Waals surface area contributed by atoms with Crippen molar-refractivity contribution in [1.29, 1.82) is 0 Å². The fourth-order valence-electron chi connectivity index (χ4n) is 4.59. The molecule has 1 radical (unpaired) electrons. The number of carbonyl (C=O) groups is 1. The summed E-state index contributed by atoms with van der Waals surface area (Å²) in [5.41, 5.74) is 7.33. The molecule has 3 nitrogen and oxygen atoms in total. The first-order valence-electron chi connectivity index (χ1n) is 11.7. The number of ketones is 1. The molecule has 2 aromatic heterocycles. The maximum absolute atomic E-state index is 12.9. The molecule has 1 aliphatic carbocycles. The number of nitrogens with zero attached hydrogens (tertiary/aromatic N) is 2. The number of aromatic nitrogens is 2. The van der Waals surface area contributed by atoms with Gasteiger partial charge in [0, 0.05) is 43.6 Å². The minimum Gasteiger partial charge on any atom is -0.305 e. The SMILES string of the molecule is O=C1c2ccccc2-c2cccc3c(-c4[c-]cccc4)ncc1c23.[Ir].[c-]1ccccc1-c1ccccn1. The van der Waals surface area contributed by atoms with Gasteiger partial charge in [-0.15, -0.1) is 71.8 Å². The third kappa shape index (κ3) is 4.65. The second-order valence-corrected chi connectivity index (χ2v) is 8.39. The Morgan fingerprint density at radius 3 is 1.95 bits per heavy atom. The molecule has 0 bridgehead atoms. The number of fused-ring (bicyclic) bond motifs is 2. The monoisotopic (exact) mass is 653 g/mol. The normalized spacial score (nSPS) is 11.1. The molecule has 0 atom stereocenters. The Morgan fingerprint density at radius 1 is 0.568 bits per heavy atom. The number of hydrogen-bond acceptors (Lipinski definition) is 3. The van der Waals surface area contributed by atoms with Crippen molar-refractivity contribution in [2.75, 3.05) is 0 Å².